The van der Waals surface area contributed by atoms with E-state index in [4.69, 9.17) is 5.11 Å². The van der Waals surface area contributed by atoms with Gasteiger partial charge in [0.05, 0.1) is 0 Å². The van der Waals surface area contributed by atoms with E-state index in [-0.39, 0.29) is 11.8 Å². The second-order valence-electron chi connectivity index (χ2n) is 6.27. The first-order chi connectivity index (χ1) is 11.6. The first-order valence-corrected chi connectivity index (χ1v) is 8.08. The van der Waals surface area contributed by atoms with Crippen LogP contribution in [0.25, 0.3) is 16.6 Å². The number of rotatable bonds is 3. The van der Waals surface area contributed by atoms with E-state index in [0.29, 0.717) is 25.3 Å². The SMILES string of the molecule is O=C(Nc1cc(C2=CCN(C(=O)O)CC2)c2cc[nH]c2n1)C1CC1. The fourth-order valence-corrected chi connectivity index (χ4v) is 3.03. The molecule has 0 atom stereocenters. The summed E-state index contributed by atoms with van der Waals surface area (Å²) in [4.78, 5) is 32.0. The number of H-pyrrole nitrogens is 1. The maximum absolute atomic E-state index is 12.0. The molecule has 0 spiro atoms. The van der Waals surface area contributed by atoms with Gasteiger partial charge in [-0.2, -0.15) is 0 Å². The van der Waals surface area contributed by atoms with E-state index in [1.807, 2.05) is 24.4 Å². The number of nitrogens with zero attached hydrogens (tertiary/aromatic N) is 2. The zero-order valence-electron chi connectivity index (χ0n) is 13.1. The molecular formula is C17H18N4O3. The second-order valence-corrected chi connectivity index (χ2v) is 6.27. The van der Waals surface area contributed by atoms with Crippen molar-refractivity contribution in [1.29, 1.82) is 0 Å². The van der Waals surface area contributed by atoms with Crippen molar-refractivity contribution in [3.05, 3.63) is 30.0 Å². The van der Waals surface area contributed by atoms with Crippen LogP contribution in [0.3, 0.4) is 0 Å². The topological polar surface area (TPSA) is 98.3 Å². The minimum absolute atomic E-state index is 0.0223. The van der Waals surface area contributed by atoms with Gasteiger partial charge in [-0.05, 0) is 42.5 Å². The summed E-state index contributed by atoms with van der Waals surface area (Å²) in [6.45, 7) is 0.849. The molecule has 1 aliphatic carbocycles. The third kappa shape index (κ3) is 2.73. The summed E-state index contributed by atoms with van der Waals surface area (Å²) in [5.41, 5.74) is 2.80. The highest BCUT2D eigenvalue weighted by molar-refractivity contribution is 5.97. The Morgan fingerprint density at radius 2 is 2.21 bits per heavy atom. The van der Waals surface area contributed by atoms with Crippen molar-refractivity contribution in [2.75, 3.05) is 18.4 Å². The van der Waals surface area contributed by atoms with Crippen LogP contribution in [-0.2, 0) is 4.79 Å². The van der Waals surface area contributed by atoms with Crippen LogP contribution in [0.15, 0.2) is 24.4 Å². The number of carbonyl (C=O) groups excluding carboxylic acids is 1. The van der Waals surface area contributed by atoms with Gasteiger partial charge in [0.15, 0.2) is 0 Å². The maximum atomic E-state index is 12.0. The van der Waals surface area contributed by atoms with Crippen molar-refractivity contribution in [2.45, 2.75) is 19.3 Å². The maximum Gasteiger partial charge on any atom is 0.407 e. The molecule has 2 aromatic rings. The van der Waals surface area contributed by atoms with Gasteiger partial charge >= 0.3 is 6.09 Å². The Labute approximate surface area is 138 Å². The Morgan fingerprint density at radius 1 is 1.38 bits per heavy atom. The molecule has 7 heteroatoms. The van der Waals surface area contributed by atoms with E-state index in [2.05, 4.69) is 15.3 Å². The monoisotopic (exact) mass is 326 g/mol. The quantitative estimate of drug-likeness (QED) is 0.807. The Hall–Kier alpha value is -2.83. The predicted octanol–water partition coefficient (Wildman–Crippen LogP) is 2.68. The van der Waals surface area contributed by atoms with E-state index in [0.717, 1.165) is 35.0 Å². The number of nitrogens with one attached hydrogen (secondary N) is 2. The lowest BCUT2D eigenvalue weighted by molar-refractivity contribution is -0.117. The molecule has 0 saturated heterocycles. The molecule has 3 heterocycles. The van der Waals surface area contributed by atoms with Gasteiger partial charge in [-0.1, -0.05) is 6.08 Å². The lowest BCUT2D eigenvalue weighted by atomic mass is 9.98. The molecule has 1 aliphatic heterocycles. The molecule has 0 radical (unpaired) electrons. The molecule has 24 heavy (non-hydrogen) atoms. The van der Waals surface area contributed by atoms with Crippen molar-refractivity contribution in [3.8, 4) is 0 Å². The molecule has 2 aromatic heterocycles. The highest BCUT2D eigenvalue weighted by Gasteiger charge is 2.30. The van der Waals surface area contributed by atoms with Gasteiger partial charge in [-0.25, -0.2) is 9.78 Å². The molecule has 3 N–H and O–H groups in total. The number of carbonyl (C=O) groups is 2. The first-order valence-electron chi connectivity index (χ1n) is 8.08. The van der Waals surface area contributed by atoms with Crippen LogP contribution in [0, 0.1) is 5.92 Å². The van der Waals surface area contributed by atoms with Gasteiger partial charge in [-0.3, -0.25) is 4.79 Å². The van der Waals surface area contributed by atoms with Crippen molar-refractivity contribution in [3.63, 3.8) is 0 Å². The molecule has 2 amide bonds. The van der Waals surface area contributed by atoms with Crippen molar-refractivity contribution < 1.29 is 14.7 Å². The summed E-state index contributed by atoms with van der Waals surface area (Å²) in [6, 6.07) is 3.84. The number of aromatic nitrogens is 2. The first kappa shape index (κ1) is 14.7. The van der Waals surface area contributed by atoms with Gasteiger partial charge in [0.1, 0.15) is 11.5 Å². The van der Waals surface area contributed by atoms with E-state index >= 15 is 0 Å². The van der Waals surface area contributed by atoms with Gasteiger partial charge in [0.25, 0.3) is 0 Å². The second kappa shape index (κ2) is 5.67. The molecule has 2 aliphatic rings. The van der Waals surface area contributed by atoms with E-state index in [1.54, 1.807) is 0 Å². The minimum Gasteiger partial charge on any atom is -0.465 e. The summed E-state index contributed by atoms with van der Waals surface area (Å²) >= 11 is 0. The number of anilines is 1. The molecule has 1 saturated carbocycles. The highest BCUT2D eigenvalue weighted by Crippen LogP contribution is 2.32. The van der Waals surface area contributed by atoms with Crippen molar-refractivity contribution >= 4 is 34.4 Å². The third-order valence-electron chi connectivity index (χ3n) is 4.55. The minimum atomic E-state index is -0.899. The van der Waals surface area contributed by atoms with Crippen LogP contribution >= 0.6 is 0 Å². The Bertz CT molecular complexity index is 851. The normalized spacial score (nSPS) is 17.7. The van der Waals surface area contributed by atoms with Crippen LogP contribution in [0.1, 0.15) is 24.8 Å². The average Bonchev–Trinajstić information content (AvgIpc) is 3.33. The van der Waals surface area contributed by atoms with Crippen LogP contribution in [0.4, 0.5) is 10.6 Å². The Kier molecular flexibility index (Phi) is 3.48. The Morgan fingerprint density at radius 3 is 2.88 bits per heavy atom. The standard InChI is InChI=1S/C17H18N4O3/c22-16(11-1-2-11)20-14-9-13(12-3-6-18-15(12)19-14)10-4-7-21(8-5-10)17(23)24/h3-4,6,9,11H,1-2,5,7-8H2,(H,23,24)(H2,18,19,20,22). The molecule has 4 rings (SSSR count). The molecular weight excluding hydrogens is 308 g/mol. The molecule has 0 unspecified atom stereocenters. The number of hydrogen-bond donors (Lipinski definition) is 3. The fraction of sp³-hybridized carbons (Fsp3) is 0.353. The molecule has 7 nitrogen and oxygen atoms in total. The van der Waals surface area contributed by atoms with Gasteiger partial charge in [-0.15, -0.1) is 0 Å². The summed E-state index contributed by atoms with van der Waals surface area (Å²) in [5, 5.41) is 12.9. The van der Waals surface area contributed by atoms with Gasteiger partial charge < -0.3 is 20.3 Å². The number of hydrogen-bond acceptors (Lipinski definition) is 3. The zero-order valence-corrected chi connectivity index (χ0v) is 13.1. The number of amides is 2. The van der Waals surface area contributed by atoms with Gasteiger partial charge in [0, 0.05) is 30.6 Å². The summed E-state index contributed by atoms with van der Waals surface area (Å²) in [6.07, 6.45) is 5.39. The summed E-state index contributed by atoms with van der Waals surface area (Å²) in [7, 11) is 0. The zero-order chi connectivity index (χ0) is 16.7. The smallest absolute Gasteiger partial charge is 0.407 e. The molecule has 124 valence electrons. The Balaban J connectivity index is 1.67. The van der Waals surface area contributed by atoms with Crippen LogP contribution in [0.2, 0.25) is 0 Å². The third-order valence-corrected chi connectivity index (χ3v) is 4.55. The van der Waals surface area contributed by atoms with Crippen molar-refractivity contribution in [2.24, 2.45) is 5.92 Å². The highest BCUT2D eigenvalue weighted by atomic mass is 16.4. The summed E-state index contributed by atoms with van der Waals surface area (Å²) in [5.74, 6) is 0.681. The van der Waals surface area contributed by atoms with E-state index in [9.17, 15) is 9.59 Å². The van der Waals surface area contributed by atoms with Crippen LogP contribution < -0.4 is 5.32 Å². The van der Waals surface area contributed by atoms with E-state index in [1.165, 1.54) is 4.90 Å². The molecule has 0 aromatic carbocycles. The molecule has 1 fully saturated rings. The number of carboxylic acid groups (broad SMARTS) is 1. The van der Waals surface area contributed by atoms with E-state index < -0.39 is 6.09 Å². The number of aromatic amines is 1. The average molecular weight is 326 g/mol. The van der Waals surface area contributed by atoms with Crippen LogP contribution in [-0.4, -0.2) is 45.1 Å². The number of pyridine rings is 1. The fourth-order valence-electron chi connectivity index (χ4n) is 3.03. The predicted molar refractivity (Wildman–Crippen MR) is 89.6 cm³/mol. The number of fused-ring (bicyclic) bond motifs is 1. The van der Waals surface area contributed by atoms with Crippen molar-refractivity contribution in [1.82, 2.24) is 14.9 Å². The molecule has 0 bridgehead atoms. The summed E-state index contributed by atoms with van der Waals surface area (Å²) < 4.78 is 0. The lowest BCUT2D eigenvalue weighted by Gasteiger charge is -2.24. The van der Waals surface area contributed by atoms with Crippen LogP contribution in [0.5, 0.6) is 0 Å². The van der Waals surface area contributed by atoms with Gasteiger partial charge in [0.2, 0.25) is 5.91 Å². The largest absolute Gasteiger partial charge is 0.465 e. The lowest BCUT2D eigenvalue weighted by Crippen LogP contribution is -2.33.